The number of carbonyl (C=O) groups excluding carboxylic acids is 1. The summed E-state index contributed by atoms with van der Waals surface area (Å²) in [5, 5.41) is 321. The maximum Gasteiger partial charge on any atom is 0.315 e. The maximum absolute atomic E-state index is 15.5. The molecule has 11 heterocycles. The van der Waals surface area contributed by atoms with Crippen molar-refractivity contribution < 1.29 is 257 Å². The quantitative estimate of drug-likeness (QED) is 0.0206. The summed E-state index contributed by atoms with van der Waals surface area (Å²) in [7, 11) is 0. The number of rotatable bonds is 27. The molecule has 0 spiro atoms. The molecule has 145 heavy (non-hydrogen) atoms. The molecule has 60 atom stereocenters. The van der Waals surface area contributed by atoms with Crippen LogP contribution in [0.4, 0.5) is 0 Å². The average molecular weight is 2100 g/mol. The SMILES string of the molecule is CC1OC(OCC2OC(OC3C(CO)OC(OC4COC(OC5C(OC6C(OC7C(C)OC(OC8CCC9(C)C(CCC%10(C)C9CC=C9C%11CC(C)(C)CCC%11(C(=O)OC%11OC(COC%12OC(CO)C(OC%13OC(CO)C(OC%14OC(C)C(O)C(O)C%14O)C(O)C%13O)C(O)C%12O)C(O)C(O)C%11O)CCC9%10C)C8(C)C)C(O)C7O)OCC(O)C6O)OCC(O)C5O)C(O)C4O)C(O)C3O)C(O)C(O)C2O)C(O)C(O)C1O. The van der Waals surface area contributed by atoms with Gasteiger partial charge in [-0.3, -0.25) is 4.79 Å². The van der Waals surface area contributed by atoms with Crippen LogP contribution in [-0.2, 0) is 109 Å². The molecule has 0 bridgehead atoms. The Balaban J connectivity index is 0.518. The van der Waals surface area contributed by atoms with Gasteiger partial charge in [0.05, 0.1) is 82.7 Å². The smallest absolute Gasteiger partial charge is 0.315 e. The molecular weight excluding hydrogens is 1950 g/mol. The standard InChI is InChI=1S/C93H152O52/c1-30-46(99)53(106)62(115)76(129-30)126-27-40-50(103)55(108)64(117)82(136-40)141-73-38(23-95)133-81(68(121)59(73)112)135-42-29-128-78(61(114)52(42)105)143-74-48(101)35(97)26-125-86(74)144-75-49(102)36(98)25-124-85(75)139-70-32(3)131-79(67(120)57(70)110)138-45-14-15-90(8)43(89(45,6)7)13-16-92(10)44(90)12-11-33-34-21-88(4,5)17-19-93(34,20-18-91(33,92)9)87(123)145-84-65(118)56(109)51(104)41(137-84)28-127-77-66(119)58(111)71(37(22-94)132-77)142-83-69(122)60(113)72(39(24-96)134-83)140-80-63(116)54(107)47(100)31(2)130-80/h11,30-32,34-86,94-122H,12-29H2,1-10H3. The Labute approximate surface area is 833 Å². The number of carbonyl (C=O) groups is 1. The van der Waals surface area contributed by atoms with E-state index < -0.39 is 401 Å². The van der Waals surface area contributed by atoms with Crippen molar-refractivity contribution in [1.82, 2.24) is 0 Å². The van der Waals surface area contributed by atoms with Gasteiger partial charge in [0.2, 0.25) is 6.29 Å². The third-order valence-electron chi connectivity index (χ3n) is 34.9. The number of aliphatic hydroxyl groups is 29. The molecule has 15 fully saturated rings. The van der Waals surface area contributed by atoms with Crippen LogP contribution in [0.5, 0.6) is 0 Å². The van der Waals surface area contributed by atoms with E-state index >= 15 is 4.79 Å². The highest BCUT2D eigenvalue weighted by Crippen LogP contribution is 2.76. The molecular formula is C93H152O52. The molecule has 0 radical (unpaired) electrons. The maximum atomic E-state index is 15.5. The van der Waals surface area contributed by atoms with Crippen LogP contribution < -0.4 is 0 Å². The van der Waals surface area contributed by atoms with E-state index in [-0.39, 0.29) is 34.0 Å². The van der Waals surface area contributed by atoms with Gasteiger partial charge in [-0.25, -0.2) is 0 Å². The molecule has 0 aromatic rings. The Morgan fingerprint density at radius 2 is 0.710 bits per heavy atom. The number of fused-ring (bicyclic) bond motifs is 7. The molecule has 0 aromatic heterocycles. The molecule has 16 rings (SSSR count). The summed E-state index contributed by atoms with van der Waals surface area (Å²) in [6.45, 7) is 13.6. The second-order valence-corrected chi connectivity index (χ2v) is 44.6. The van der Waals surface area contributed by atoms with Gasteiger partial charge in [-0.1, -0.05) is 60.1 Å². The van der Waals surface area contributed by atoms with Crippen LogP contribution in [0.15, 0.2) is 11.6 Å². The first-order valence-electron chi connectivity index (χ1n) is 50.2. The summed E-state index contributed by atoms with van der Waals surface area (Å²) in [5.41, 5.74) is -2.05. The summed E-state index contributed by atoms with van der Waals surface area (Å²) in [5.74, 6) is -0.951. The first kappa shape index (κ1) is 115. The third-order valence-corrected chi connectivity index (χ3v) is 34.9. The highest BCUT2D eigenvalue weighted by molar-refractivity contribution is 5.79. The topological polar surface area (TPSA) is 807 Å². The Bertz CT molecular complexity index is 4250. The van der Waals surface area contributed by atoms with Crippen LogP contribution in [0.3, 0.4) is 0 Å². The van der Waals surface area contributed by atoms with E-state index in [1.807, 2.05) is 0 Å². The van der Waals surface area contributed by atoms with Crippen LogP contribution in [0.2, 0.25) is 0 Å². The normalized spacial score (nSPS) is 54.9. The summed E-state index contributed by atoms with van der Waals surface area (Å²) >= 11 is 0. The monoisotopic (exact) mass is 2100 g/mol. The minimum atomic E-state index is -2.15. The second kappa shape index (κ2) is 45.1. The van der Waals surface area contributed by atoms with Crippen LogP contribution in [-0.4, -0.2) is 532 Å². The fourth-order valence-electron chi connectivity index (χ4n) is 25.7. The van der Waals surface area contributed by atoms with Crippen molar-refractivity contribution in [1.29, 1.82) is 0 Å². The van der Waals surface area contributed by atoms with E-state index in [1.165, 1.54) is 13.8 Å². The van der Waals surface area contributed by atoms with Gasteiger partial charge in [0.25, 0.3) is 0 Å². The first-order valence-corrected chi connectivity index (χ1v) is 50.2. The zero-order valence-corrected chi connectivity index (χ0v) is 82.0. The average Bonchev–Trinajstić information content (AvgIpc) is 0.671. The van der Waals surface area contributed by atoms with Crippen LogP contribution in [0.1, 0.15) is 133 Å². The fourth-order valence-corrected chi connectivity index (χ4v) is 25.7. The van der Waals surface area contributed by atoms with Crippen molar-refractivity contribution in [2.75, 3.05) is 52.9 Å². The van der Waals surface area contributed by atoms with Gasteiger partial charge in [0.1, 0.15) is 232 Å². The molecule has 29 N–H and O–H groups in total. The molecule has 52 heteroatoms. The third kappa shape index (κ3) is 21.4. The van der Waals surface area contributed by atoms with E-state index in [0.717, 1.165) is 18.4 Å². The molecule has 16 aliphatic rings. The Morgan fingerprint density at radius 1 is 0.331 bits per heavy atom. The predicted octanol–water partition coefficient (Wildman–Crippen LogP) is -12.3. The van der Waals surface area contributed by atoms with E-state index in [9.17, 15) is 148 Å². The van der Waals surface area contributed by atoms with Crippen molar-refractivity contribution in [3.05, 3.63) is 11.6 Å². The molecule has 11 saturated heterocycles. The van der Waals surface area contributed by atoms with Crippen molar-refractivity contribution in [2.24, 2.45) is 50.2 Å². The molecule has 0 amide bonds. The van der Waals surface area contributed by atoms with E-state index in [2.05, 4.69) is 54.5 Å². The largest absolute Gasteiger partial charge is 0.432 e. The van der Waals surface area contributed by atoms with E-state index in [4.69, 9.17) is 104 Å². The number of ether oxygens (including phenoxy) is 22. The van der Waals surface area contributed by atoms with Gasteiger partial charge < -0.3 is 252 Å². The van der Waals surface area contributed by atoms with Crippen LogP contribution in [0, 0.1) is 50.2 Å². The Hall–Kier alpha value is -2.79. The fraction of sp³-hybridized carbons (Fsp3) is 0.968. The van der Waals surface area contributed by atoms with Gasteiger partial charge in [-0.05, 0) is 130 Å². The lowest BCUT2D eigenvalue weighted by Crippen LogP contribution is -2.67. The highest BCUT2D eigenvalue weighted by atomic mass is 16.8. The first-order chi connectivity index (χ1) is 68.2. The molecule has 0 aromatic carbocycles. The molecule has 4 saturated carbocycles. The summed E-state index contributed by atoms with van der Waals surface area (Å²) in [6, 6.07) is 0. The van der Waals surface area contributed by atoms with Crippen molar-refractivity contribution in [3.63, 3.8) is 0 Å². The molecule has 52 nitrogen and oxygen atoms in total. The molecule has 836 valence electrons. The van der Waals surface area contributed by atoms with Crippen LogP contribution in [0.25, 0.3) is 0 Å². The zero-order valence-electron chi connectivity index (χ0n) is 82.0. The minimum absolute atomic E-state index is 0.0170. The molecule has 5 aliphatic carbocycles. The summed E-state index contributed by atoms with van der Waals surface area (Å²) in [6.07, 6.45) is -84.9. The summed E-state index contributed by atoms with van der Waals surface area (Å²) < 4.78 is 130. The van der Waals surface area contributed by atoms with Gasteiger partial charge in [0, 0.05) is 0 Å². The van der Waals surface area contributed by atoms with Gasteiger partial charge in [0.15, 0.2) is 62.9 Å². The van der Waals surface area contributed by atoms with E-state index in [1.54, 1.807) is 6.92 Å². The van der Waals surface area contributed by atoms with Gasteiger partial charge >= 0.3 is 5.97 Å². The van der Waals surface area contributed by atoms with Gasteiger partial charge in [-0.15, -0.1) is 0 Å². The number of hydrogen-bond acceptors (Lipinski definition) is 52. The van der Waals surface area contributed by atoms with Crippen molar-refractivity contribution in [3.8, 4) is 0 Å². The highest BCUT2D eigenvalue weighted by Gasteiger charge is 2.72. The zero-order chi connectivity index (χ0) is 105. The lowest BCUT2D eigenvalue weighted by Gasteiger charge is -2.71. The number of allylic oxidation sites excluding steroid dienone is 2. The molecule has 11 aliphatic heterocycles. The Morgan fingerprint density at radius 3 is 1.23 bits per heavy atom. The van der Waals surface area contributed by atoms with Crippen molar-refractivity contribution >= 4 is 5.97 Å². The number of esters is 1. The van der Waals surface area contributed by atoms with E-state index in [0.29, 0.717) is 51.4 Å². The number of aliphatic hydroxyl groups excluding tert-OH is 29. The van der Waals surface area contributed by atoms with Crippen LogP contribution >= 0.6 is 0 Å². The second-order valence-electron chi connectivity index (χ2n) is 44.6. The minimum Gasteiger partial charge on any atom is -0.432 e. The number of hydrogen-bond donors (Lipinski definition) is 29. The molecule has 60 unspecified atom stereocenters. The Kier molecular flexibility index (Phi) is 35.7. The predicted molar refractivity (Wildman–Crippen MR) is 469 cm³/mol. The van der Waals surface area contributed by atoms with Crippen molar-refractivity contribution in [2.45, 2.75) is 459 Å². The summed E-state index contributed by atoms with van der Waals surface area (Å²) in [4.78, 5) is 15.5. The lowest BCUT2D eigenvalue weighted by molar-refractivity contribution is -0.392. The lowest BCUT2D eigenvalue weighted by atomic mass is 9.33. The van der Waals surface area contributed by atoms with Gasteiger partial charge in [-0.2, -0.15) is 0 Å².